The minimum atomic E-state index is -1.24. The highest BCUT2D eigenvalue weighted by Crippen LogP contribution is 2.44. The number of alkyl carbamates (subject to hydrolysis) is 1. The van der Waals surface area contributed by atoms with Gasteiger partial charge in [-0.25, -0.2) is 9.59 Å². The van der Waals surface area contributed by atoms with Crippen LogP contribution in [0.15, 0.2) is 65.1 Å². The highest BCUT2D eigenvalue weighted by molar-refractivity contribution is 5.94. The molecule has 0 aliphatic heterocycles. The first-order chi connectivity index (χ1) is 16.9. The van der Waals surface area contributed by atoms with E-state index in [1.165, 1.54) is 26.2 Å². The van der Waals surface area contributed by atoms with Gasteiger partial charge in [0.2, 0.25) is 0 Å². The molecule has 0 fully saturated rings. The second kappa shape index (κ2) is 10.4. The maximum absolute atomic E-state index is 12.3. The highest BCUT2D eigenvalue weighted by Gasteiger charge is 2.29. The molecule has 1 aliphatic carbocycles. The average Bonchev–Trinajstić information content (AvgIpc) is 3.47. The number of nitrogens with one attached hydrogen (secondary N) is 2. The zero-order valence-electron chi connectivity index (χ0n) is 19.3. The molecule has 0 radical (unpaired) electrons. The number of hydrogen-bond donors (Lipinski definition) is 3. The number of rotatable bonds is 9. The van der Waals surface area contributed by atoms with Gasteiger partial charge in [0.25, 0.3) is 5.91 Å². The van der Waals surface area contributed by atoms with E-state index in [0.29, 0.717) is 5.76 Å². The van der Waals surface area contributed by atoms with Crippen molar-refractivity contribution in [3.63, 3.8) is 0 Å². The molecule has 0 unspecified atom stereocenters. The molecule has 1 aromatic heterocycles. The number of furan rings is 1. The lowest BCUT2D eigenvalue weighted by molar-refractivity contribution is -0.142. The number of amides is 2. The van der Waals surface area contributed by atoms with Gasteiger partial charge in [-0.2, -0.15) is 0 Å². The second-order valence-electron chi connectivity index (χ2n) is 8.18. The Kier molecular flexibility index (Phi) is 7.17. The maximum Gasteiger partial charge on any atom is 0.407 e. The molecule has 4 rings (SSSR count). The van der Waals surface area contributed by atoms with Gasteiger partial charge in [0.1, 0.15) is 12.4 Å². The van der Waals surface area contributed by atoms with Gasteiger partial charge in [0.15, 0.2) is 11.8 Å². The summed E-state index contributed by atoms with van der Waals surface area (Å²) in [4.78, 5) is 36.0. The molecular weight excluding hydrogens is 452 g/mol. The summed E-state index contributed by atoms with van der Waals surface area (Å²) in [5.41, 5.74) is 4.52. The lowest BCUT2D eigenvalue weighted by atomic mass is 9.98. The Balaban J connectivity index is 1.31. The van der Waals surface area contributed by atoms with Gasteiger partial charge >= 0.3 is 12.1 Å². The van der Waals surface area contributed by atoms with Crippen molar-refractivity contribution in [3.05, 3.63) is 83.3 Å². The number of carbonyl (C=O) groups excluding carboxylic acids is 2. The molecule has 182 valence electrons. The van der Waals surface area contributed by atoms with Crippen LogP contribution in [0.25, 0.3) is 11.1 Å². The molecule has 1 aliphatic rings. The number of carbonyl (C=O) groups is 3. The largest absolute Gasteiger partial charge is 0.480 e. The fourth-order valence-electron chi connectivity index (χ4n) is 4.13. The molecule has 9 nitrogen and oxygen atoms in total. The molecule has 35 heavy (non-hydrogen) atoms. The van der Waals surface area contributed by atoms with Crippen LogP contribution in [0.5, 0.6) is 0 Å². The van der Waals surface area contributed by atoms with Crippen LogP contribution in [0.4, 0.5) is 4.79 Å². The molecule has 0 bridgehead atoms. The Bertz CT molecular complexity index is 1190. The van der Waals surface area contributed by atoms with E-state index < -0.39 is 30.1 Å². The number of fused-ring (bicyclic) bond motifs is 3. The monoisotopic (exact) mass is 478 g/mol. The number of carboxylic acids is 1. The van der Waals surface area contributed by atoms with Gasteiger partial charge in [-0.05, 0) is 41.3 Å². The molecule has 2 amide bonds. The van der Waals surface area contributed by atoms with Crippen LogP contribution in [-0.4, -0.2) is 48.9 Å². The van der Waals surface area contributed by atoms with Crippen molar-refractivity contribution in [1.82, 2.24) is 10.6 Å². The van der Waals surface area contributed by atoms with Crippen molar-refractivity contribution < 1.29 is 33.4 Å². The highest BCUT2D eigenvalue weighted by atomic mass is 16.5. The summed E-state index contributed by atoms with van der Waals surface area (Å²) in [7, 11) is 1.35. The van der Waals surface area contributed by atoms with E-state index >= 15 is 0 Å². The summed E-state index contributed by atoms with van der Waals surface area (Å²) in [5, 5.41) is 14.2. The number of aliphatic carboxylic acids is 1. The minimum Gasteiger partial charge on any atom is -0.480 e. The molecule has 1 heterocycles. The van der Waals surface area contributed by atoms with Gasteiger partial charge in [0.05, 0.1) is 12.6 Å². The van der Waals surface area contributed by atoms with E-state index in [1.54, 1.807) is 0 Å². The molecule has 0 spiro atoms. The Morgan fingerprint density at radius 2 is 1.63 bits per heavy atom. The number of benzene rings is 2. The number of carboxylic acid groups (broad SMARTS) is 1. The van der Waals surface area contributed by atoms with Crippen LogP contribution in [-0.2, 0) is 20.8 Å². The van der Waals surface area contributed by atoms with Crippen LogP contribution in [0, 0.1) is 0 Å². The fraction of sp³-hybridized carbons (Fsp3) is 0.269. The summed E-state index contributed by atoms with van der Waals surface area (Å²) in [6, 6.07) is 17.8. The Morgan fingerprint density at radius 3 is 2.23 bits per heavy atom. The van der Waals surface area contributed by atoms with Gasteiger partial charge in [-0.1, -0.05) is 48.5 Å². The Labute approximate surface area is 202 Å². The van der Waals surface area contributed by atoms with E-state index in [9.17, 15) is 19.5 Å². The van der Waals surface area contributed by atoms with Crippen molar-refractivity contribution in [3.8, 4) is 11.1 Å². The summed E-state index contributed by atoms with van der Waals surface area (Å²) in [5.74, 6) is -1.74. The van der Waals surface area contributed by atoms with Crippen LogP contribution < -0.4 is 10.6 Å². The third-order valence-corrected chi connectivity index (χ3v) is 6.03. The molecule has 2 aromatic carbocycles. The van der Waals surface area contributed by atoms with E-state index in [4.69, 9.17) is 13.9 Å². The average molecular weight is 479 g/mol. The third-order valence-electron chi connectivity index (χ3n) is 6.03. The first-order valence-corrected chi connectivity index (χ1v) is 11.1. The zero-order valence-corrected chi connectivity index (χ0v) is 19.3. The van der Waals surface area contributed by atoms with E-state index in [0.717, 1.165) is 22.3 Å². The van der Waals surface area contributed by atoms with Gasteiger partial charge in [0, 0.05) is 13.0 Å². The third kappa shape index (κ3) is 5.20. The second-order valence-corrected chi connectivity index (χ2v) is 8.18. The lowest BCUT2D eigenvalue weighted by Crippen LogP contribution is -2.48. The van der Waals surface area contributed by atoms with Crippen molar-refractivity contribution in [2.45, 2.75) is 31.5 Å². The quantitative estimate of drug-likeness (QED) is 0.429. The van der Waals surface area contributed by atoms with Crippen LogP contribution in [0.3, 0.4) is 0 Å². The van der Waals surface area contributed by atoms with E-state index in [-0.39, 0.29) is 24.8 Å². The molecular formula is C26H26N2O7. The molecule has 3 aromatic rings. The first-order valence-electron chi connectivity index (χ1n) is 11.1. The molecule has 9 heteroatoms. The molecule has 2 atom stereocenters. The van der Waals surface area contributed by atoms with E-state index in [1.807, 2.05) is 36.4 Å². The smallest absolute Gasteiger partial charge is 0.407 e. The summed E-state index contributed by atoms with van der Waals surface area (Å²) >= 11 is 0. The summed E-state index contributed by atoms with van der Waals surface area (Å²) in [6.45, 7) is 1.71. The maximum atomic E-state index is 12.3. The van der Waals surface area contributed by atoms with Gasteiger partial charge in [-0.3, -0.25) is 4.79 Å². The molecule has 0 saturated carbocycles. The molecule has 0 saturated heterocycles. The van der Waals surface area contributed by atoms with Crippen molar-refractivity contribution in [2.75, 3.05) is 13.7 Å². The fourth-order valence-corrected chi connectivity index (χ4v) is 4.13. The Hall–Kier alpha value is -4.11. The summed E-state index contributed by atoms with van der Waals surface area (Å²) in [6.07, 6.45) is -1.35. The van der Waals surface area contributed by atoms with Crippen molar-refractivity contribution >= 4 is 18.0 Å². The van der Waals surface area contributed by atoms with Gasteiger partial charge < -0.3 is 29.6 Å². The van der Waals surface area contributed by atoms with Gasteiger partial charge in [-0.15, -0.1) is 0 Å². The topological polar surface area (TPSA) is 127 Å². The standard InChI is InChI=1S/C26H26N2O7/c1-15(33-2)23(25(30)31)28-24(29)22-12-11-16(35-22)13-27-26(32)34-14-21-19-9-5-3-7-17(19)18-8-4-6-10-20(18)21/h3-12,15,21,23H,13-14H2,1-2H3,(H,27,32)(H,28,29)(H,30,31)/t15-,23+/m1/s1. The van der Waals surface area contributed by atoms with Crippen molar-refractivity contribution in [2.24, 2.45) is 0 Å². The lowest BCUT2D eigenvalue weighted by Gasteiger charge is -2.19. The van der Waals surface area contributed by atoms with Crippen LogP contribution in [0.2, 0.25) is 0 Å². The van der Waals surface area contributed by atoms with E-state index in [2.05, 4.69) is 22.8 Å². The van der Waals surface area contributed by atoms with Crippen molar-refractivity contribution in [1.29, 1.82) is 0 Å². The predicted octanol–water partition coefficient (Wildman–Crippen LogP) is 3.54. The first kappa shape index (κ1) is 24.0. The predicted molar refractivity (Wildman–Crippen MR) is 126 cm³/mol. The minimum absolute atomic E-state index is 0.000781. The zero-order chi connectivity index (χ0) is 24.9. The normalized spacial score (nSPS) is 13.9. The summed E-state index contributed by atoms with van der Waals surface area (Å²) < 4.78 is 15.9. The number of methoxy groups -OCH3 is 1. The SMILES string of the molecule is CO[C@H](C)[C@H](NC(=O)c1ccc(CNC(=O)OCC2c3ccccc3-c3ccccc32)o1)C(=O)O. The molecule has 3 N–H and O–H groups in total. The number of hydrogen-bond acceptors (Lipinski definition) is 6. The Morgan fingerprint density at radius 1 is 1.00 bits per heavy atom. The number of ether oxygens (including phenoxy) is 2. The van der Waals surface area contributed by atoms with Crippen LogP contribution >= 0.6 is 0 Å². The van der Waals surface area contributed by atoms with Crippen LogP contribution in [0.1, 0.15) is 40.3 Å².